The van der Waals surface area contributed by atoms with Crippen molar-refractivity contribution in [3.63, 3.8) is 0 Å². The molecule has 94 valence electrons. The zero-order chi connectivity index (χ0) is 13.1. The van der Waals surface area contributed by atoms with Gasteiger partial charge in [0.1, 0.15) is 0 Å². The molecule has 0 saturated carbocycles. The molecule has 0 unspecified atom stereocenters. The third kappa shape index (κ3) is 2.42. The molecule has 2 rings (SSSR count). The van der Waals surface area contributed by atoms with Crippen molar-refractivity contribution < 1.29 is 9.53 Å². The van der Waals surface area contributed by atoms with Crippen molar-refractivity contribution in [1.29, 1.82) is 0 Å². The van der Waals surface area contributed by atoms with Gasteiger partial charge in [-0.15, -0.1) is 0 Å². The van der Waals surface area contributed by atoms with E-state index in [4.69, 9.17) is 10.5 Å². The van der Waals surface area contributed by atoms with E-state index in [0.717, 1.165) is 17.0 Å². The highest BCUT2D eigenvalue weighted by Crippen LogP contribution is 2.24. The topological polar surface area (TPSA) is 65.2 Å². The average molecular weight is 244 g/mol. The van der Waals surface area contributed by atoms with E-state index in [0.29, 0.717) is 24.5 Å². The van der Waals surface area contributed by atoms with Gasteiger partial charge in [0.15, 0.2) is 5.76 Å². The smallest absolute Gasteiger partial charge is 0.201 e. The predicted octanol–water partition coefficient (Wildman–Crippen LogP) is 2.25. The molecule has 4 heteroatoms. The summed E-state index contributed by atoms with van der Waals surface area (Å²) in [6.45, 7) is 4.21. The van der Waals surface area contributed by atoms with Crippen LogP contribution in [0.4, 0.5) is 5.69 Å². The minimum Gasteiger partial charge on any atom is -0.490 e. The fourth-order valence-electron chi connectivity index (χ4n) is 1.77. The number of nitrogens with two attached hydrogens (primary N) is 1. The van der Waals surface area contributed by atoms with E-state index in [-0.39, 0.29) is 5.78 Å². The summed E-state index contributed by atoms with van der Waals surface area (Å²) in [5.41, 5.74) is 8.91. The molecule has 1 aromatic heterocycles. The summed E-state index contributed by atoms with van der Waals surface area (Å²) >= 11 is 0. The Morgan fingerprint density at radius 3 is 2.89 bits per heavy atom. The highest BCUT2D eigenvalue weighted by molar-refractivity contribution is 6.00. The number of allylic oxidation sites excluding steroid dienone is 4. The number of hydrogen-bond acceptors (Lipinski definition) is 4. The van der Waals surface area contributed by atoms with E-state index >= 15 is 0 Å². The van der Waals surface area contributed by atoms with Gasteiger partial charge < -0.3 is 10.5 Å². The van der Waals surface area contributed by atoms with E-state index in [1.54, 1.807) is 6.08 Å². The fraction of sp³-hybridized carbons (Fsp3) is 0.286. The van der Waals surface area contributed by atoms with Crippen LogP contribution in [0.3, 0.4) is 0 Å². The lowest BCUT2D eigenvalue weighted by molar-refractivity contribution is -0.118. The van der Waals surface area contributed by atoms with Crippen LogP contribution in [0.15, 0.2) is 30.0 Å². The SMILES string of the molecule is CCOC1=CC(c2ccc(N)c(C)n2)=CCC1=O. The molecule has 0 radical (unpaired) electrons. The maximum absolute atomic E-state index is 11.6. The second kappa shape index (κ2) is 5.04. The van der Waals surface area contributed by atoms with Crippen LogP contribution in [0.2, 0.25) is 0 Å². The number of Topliss-reactive ketones (excluding diaryl/α,β-unsaturated/α-hetero) is 1. The molecule has 0 atom stereocenters. The summed E-state index contributed by atoms with van der Waals surface area (Å²) < 4.78 is 5.32. The number of rotatable bonds is 3. The molecule has 18 heavy (non-hydrogen) atoms. The molecule has 0 saturated heterocycles. The van der Waals surface area contributed by atoms with Gasteiger partial charge in [-0.05, 0) is 32.1 Å². The second-order valence-corrected chi connectivity index (χ2v) is 4.10. The van der Waals surface area contributed by atoms with Gasteiger partial charge in [0.25, 0.3) is 0 Å². The number of anilines is 1. The van der Waals surface area contributed by atoms with Crippen LogP contribution in [-0.2, 0) is 9.53 Å². The Morgan fingerprint density at radius 2 is 2.22 bits per heavy atom. The molecule has 0 bridgehead atoms. The minimum atomic E-state index is 0.00719. The molecular weight excluding hydrogens is 228 g/mol. The molecular formula is C14H16N2O2. The van der Waals surface area contributed by atoms with Crippen molar-refractivity contribution in [2.24, 2.45) is 0 Å². The maximum atomic E-state index is 11.6. The molecule has 1 heterocycles. The number of carbonyl (C=O) groups excluding carboxylic acids is 1. The summed E-state index contributed by atoms with van der Waals surface area (Å²) in [7, 11) is 0. The van der Waals surface area contributed by atoms with Crippen LogP contribution < -0.4 is 5.73 Å². The molecule has 0 fully saturated rings. The van der Waals surface area contributed by atoms with Crippen LogP contribution in [0.5, 0.6) is 0 Å². The Morgan fingerprint density at radius 1 is 1.44 bits per heavy atom. The Kier molecular flexibility index (Phi) is 3.46. The van der Waals surface area contributed by atoms with E-state index < -0.39 is 0 Å². The number of aryl methyl sites for hydroxylation is 1. The number of hydrogen-bond donors (Lipinski definition) is 1. The van der Waals surface area contributed by atoms with Crippen molar-refractivity contribution in [2.45, 2.75) is 20.3 Å². The highest BCUT2D eigenvalue weighted by Gasteiger charge is 2.17. The van der Waals surface area contributed by atoms with Gasteiger partial charge in [-0.25, -0.2) is 0 Å². The zero-order valence-electron chi connectivity index (χ0n) is 10.6. The summed E-state index contributed by atoms with van der Waals surface area (Å²) in [4.78, 5) is 16.0. The van der Waals surface area contributed by atoms with E-state index in [2.05, 4.69) is 4.98 Å². The molecule has 0 aliphatic heterocycles. The average Bonchev–Trinajstić information content (AvgIpc) is 2.36. The van der Waals surface area contributed by atoms with Crippen molar-refractivity contribution in [1.82, 2.24) is 4.98 Å². The molecule has 0 spiro atoms. The summed E-state index contributed by atoms with van der Waals surface area (Å²) in [6, 6.07) is 3.67. The lowest BCUT2D eigenvalue weighted by atomic mass is 10.0. The van der Waals surface area contributed by atoms with Gasteiger partial charge in [0.2, 0.25) is 5.78 Å². The van der Waals surface area contributed by atoms with Crippen molar-refractivity contribution in [3.05, 3.63) is 41.4 Å². The van der Waals surface area contributed by atoms with Gasteiger partial charge >= 0.3 is 0 Å². The molecule has 4 nitrogen and oxygen atoms in total. The minimum absolute atomic E-state index is 0.00719. The molecule has 1 aliphatic carbocycles. The molecule has 2 N–H and O–H groups in total. The number of ether oxygens (including phenoxy) is 1. The van der Waals surface area contributed by atoms with Gasteiger partial charge in [-0.1, -0.05) is 6.08 Å². The molecule has 0 amide bonds. The Hall–Kier alpha value is -2.10. The number of nitrogens with zero attached hydrogens (tertiary/aromatic N) is 1. The Bertz CT molecular complexity index is 545. The standard InChI is InChI=1S/C14H16N2O2/c1-3-18-14-8-10(4-7-13(14)17)12-6-5-11(15)9(2)16-12/h4-6,8H,3,7,15H2,1-2H3. The van der Waals surface area contributed by atoms with E-state index in [1.165, 1.54) is 0 Å². The number of nitrogen functional groups attached to an aromatic ring is 1. The first kappa shape index (κ1) is 12.4. The monoisotopic (exact) mass is 244 g/mol. The Labute approximate surface area is 106 Å². The van der Waals surface area contributed by atoms with Gasteiger partial charge in [-0.3, -0.25) is 9.78 Å². The largest absolute Gasteiger partial charge is 0.490 e. The number of aromatic nitrogens is 1. The van der Waals surface area contributed by atoms with Crippen LogP contribution in [0.25, 0.3) is 5.57 Å². The number of carbonyl (C=O) groups is 1. The second-order valence-electron chi connectivity index (χ2n) is 4.10. The quantitative estimate of drug-likeness (QED) is 0.885. The van der Waals surface area contributed by atoms with Gasteiger partial charge in [0, 0.05) is 12.0 Å². The van der Waals surface area contributed by atoms with Crippen LogP contribution in [0, 0.1) is 6.92 Å². The van der Waals surface area contributed by atoms with Crippen molar-refractivity contribution in [2.75, 3.05) is 12.3 Å². The summed E-state index contributed by atoms with van der Waals surface area (Å²) in [5.74, 6) is 0.416. The fourth-order valence-corrected chi connectivity index (χ4v) is 1.77. The molecule has 0 aromatic carbocycles. The van der Waals surface area contributed by atoms with Crippen LogP contribution in [-0.4, -0.2) is 17.4 Å². The van der Waals surface area contributed by atoms with Crippen LogP contribution in [0.1, 0.15) is 24.7 Å². The third-order valence-electron chi connectivity index (χ3n) is 2.79. The predicted molar refractivity (Wildman–Crippen MR) is 70.7 cm³/mol. The zero-order valence-corrected chi connectivity index (χ0v) is 10.6. The van der Waals surface area contributed by atoms with E-state index in [1.807, 2.05) is 32.1 Å². The van der Waals surface area contributed by atoms with Crippen molar-refractivity contribution >= 4 is 17.0 Å². The first-order valence-corrected chi connectivity index (χ1v) is 5.93. The van der Waals surface area contributed by atoms with Gasteiger partial charge in [-0.2, -0.15) is 0 Å². The van der Waals surface area contributed by atoms with E-state index in [9.17, 15) is 4.79 Å². The van der Waals surface area contributed by atoms with Crippen molar-refractivity contribution in [3.8, 4) is 0 Å². The van der Waals surface area contributed by atoms with Gasteiger partial charge in [0.05, 0.1) is 23.7 Å². The number of ketones is 1. The third-order valence-corrected chi connectivity index (χ3v) is 2.79. The maximum Gasteiger partial charge on any atom is 0.201 e. The normalized spacial score (nSPS) is 15.1. The first-order valence-electron chi connectivity index (χ1n) is 5.93. The highest BCUT2D eigenvalue weighted by atomic mass is 16.5. The summed E-state index contributed by atoms with van der Waals surface area (Å²) in [5, 5.41) is 0. The van der Waals surface area contributed by atoms with Crippen LogP contribution >= 0.6 is 0 Å². The Balaban J connectivity index is 2.33. The number of pyridine rings is 1. The molecule has 1 aromatic rings. The molecule has 1 aliphatic rings. The lowest BCUT2D eigenvalue weighted by Gasteiger charge is -2.13. The first-order chi connectivity index (χ1) is 8.61. The summed E-state index contributed by atoms with van der Waals surface area (Å²) in [6.07, 6.45) is 3.96. The lowest BCUT2D eigenvalue weighted by Crippen LogP contribution is -2.10.